The molecule has 0 radical (unpaired) electrons. The molecule has 0 fully saturated rings. The molecular weight excluding hydrogens is 422 g/mol. The van der Waals surface area contributed by atoms with E-state index in [1.165, 1.54) is 12.7 Å². The summed E-state index contributed by atoms with van der Waals surface area (Å²) in [5.74, 6) is 0.384. The number of methoxy groups -OCH3 is 1. The number of carbonyl (C=O) groups excluding carboxylic acids is 1. The van der Waals surface area contributed by atoms with Gasteiger partial charge in [-0.05, 0) is 62.9 Å². The minimum absolute atomic E-state index is 0.221. The van der Waals surface area contributed by atoms with Gasteiger partial charge in [-0.15, -0.1) is 0 Å². The maximum atomic E-state index is 12.7. The van der Waals surface area contributed by atoms with Gasteiger partial charge in [-0.3, -0.25) is 4.90 Å². The number of ether oxygens (including phenoxy) is 2. The fourth-order valence-corrected chi connectivity index (χ4v) is 4.39. The van der Waals surface area contributed by atoms with Crippen LogP contribution < -0.4 is 4.74 Å². The van der Waals surface area contributed by atoms with Crippen molar-refractivity contribution in [3.05, 3.63) is 101 Å². The van der Waals surface area contributed by atoms with Crippen molar-refractivity contribution in [2.75, 3.05) is 13.7 Å². The first-order valence-electron chi connectivity index (χ1n) is 12.1. The van der Waals surface area contributed by atoms with Gasteiger partial charge in [-0.2, -0.15) is 0 Å². The van der Waals surface area contributed by atoms with Gasteiger partial charge in [0.1, 0.15) is 17.9 Å². The molecule has 3 rings (SSSR count). The van der Waals surface area contributed by atoms with Crippen LogP contribution in [0.5, 0.6) is 5.75 Å². The van der Waals surface area contributed by atoms with Gasteiger partial charge in [0.15, 0.2) is 0 Å². The lowest BCUT2D eigenvalue weighted by molar-refractivity contribution is 0.0595. The first kappa shape index (κ1) is 25.5. The van der Waals surface area contributed by atoms with E-state index in [9.17, 15) is 4.79 Å². The third-order valence-corrected chi connectivity index (χ3v) is 6.20. The fourth-order valence-electron chi connectivity index (χ4n) is 4.39. The number of esters is 1. The summed E-state index contributed by atoms with van der Waals surface area (Å²) in [6.45, 7) is 10.2. The smallest absolute Gasteiger partial charge is 0.341 e. The van der Waals surface area contributed by atoms with E-state index in [2.05, 4.69) is 62.9 Å². The van der Waals surface area contributed by atoms with Crippen LogP contribution in [0.15, 0.2) is 78.9 Å². The van der Waals surface area contributed by atoms with Crippen LogP contribution in [0.3, 0.4) is 0 Å². The minimum Gasteiger partial charge on any atom is -0.488 e. The highest BCUT2D eigenvalue weighted by atomic mass is 16.5. The Bertz CT molecular complexity index is 1020. The second-order valence-electron chi connectivity index (χ2n) is 9.29. The molecule has 4 heteroatoms. The second kappa shape index (κ2) is 12.4. The van der Waals surface area contributed by atoms with E-state index in [0.29, 0.717) is 30.0 Å². The Balaban J connectivity index is 1.94. The summed E-state index contributed by atoms with van der Waals surface area (Å²) in [4.78, 5) is 15.2. The van der Waals surface area contributed by atoms with Gasteiger partial charge >= 0.3 is 5.97 Å². The van der Waals surface area contributed by atoms with Crippen LogP contribution >= 0.6 is 0 Å². The van der Waals surface area contributed by atoms with Crippen LogP contribution in [0.4, 0.5) is 0 Å². The molecule has 0 amide bonds. The zero-order valence-corrected chi connectivity index (χ0v) is 21.0. The minimum atomic E-state index is -0.382. The van der Waals surface area contributed by atoms with Gasteiger partial charge in [0, 0.05) is 24.5 Å². The summed E-state index contributed by atoms with van der Waals surface area (Å²) in [5.41, 5.74) is 3.91. The molecule has 1 atom stereocenters. The summed E-state index contributed by atoms with van der Waals surface area (Å²) >= 11 is 0. The molecule has 1 unspecified atom stereocenters. The maximum Gasteiger partial charge on any atom is 0.341 e. The van der Waals surface area contributed by atoms with E-state index >= 15 is 0 Å². The molecule has 0 bridgehead atoms. The molecule has 0 spiro atoms. The Kier molecular flexibility index (Phi) is 9.29. The molecule has 0 aromatic heterocycles. The quantitative estimate of drug-likeness (QED) is 0.307. The molecule has 3 aromatic rings. The molecule has 0 aliphatic carbocycles. The predicted octanol–water partition coefficient (Wildman–Crippen LogP) is 6.50. The summed E-state index contributed by atoms with van der Waals surface area (Å²) in [6, 6.07) is 27.3. The van der Waals surface area contributed by atoms with Gasteiger partial charge < -0.3 is 9.47 Å². The molecule has 0 saturated carbocycles. The maximum absolute atomic E-state index is 12.7. The topological polar surface area (TPSA) is 38.8 Å². The van der Waals surface area contributed by atoms with Crippen molar-refractivity contribution in [2.45, 2.75) is 58.7 Å². The largest absolute Gasteiger partial charge is 0.488 e. The van der Waals surface area contributed by atoms with Gasteiger partial charge in [0.2, 0.25) is 0 Å². The molecule has 0 heterocycles. The van der Waals surface area contributed by atoms with Crippen LogP contribution in [-0.2, 0) is 17.8 Å². The molecule has 4 nitrogen and oxygen atoms in total. The summed E-state index contributed by atoms with van der Waals surface area (Å²) in [7, 11) is 1.41. The lowest BCUT2D eigenvalue weighted by Crippen LogP contribution is -2.40. The lowest BCUT2D eigenvalue weighted by Gasteiger charge is -2.34. The number of hydrogen-bond acceptors (Lipinski definition) is 4. The first-order chi connectivity index (χ1) is 16.4. The number of nitrogens with zero attached hydrogens (tertiary/aromatic N) is 1. The monoisotopic (exact) mass is 459 g/mol. The van der Waals surface area contributed by atoms with E-state index in [1.54, 1.807) is 0 Å². The molecule has 180 valence electrons. The third kappa shape index (κ3) is 6.94. The van der Waals surface area contributed by atoms with Crippen molar-refractivity contribution in [3.63, 3.8) is 0 Å². The van der Waals surface area contributed by atoms with Crippen molar-refractivity contribution in [2.24, 2.45) is 0 Å². The van der Waals surface area contributed by atoms with Crippen LogP contribution in [0.1, 0.15) is 60.7 Å². The highest BCUT2D eigenvalue weighted by Gasteiger charge is 2.23. The van der Waals surface area contributed by atoms with Crippen LogP contribution in [0.25, 0.3) is 0 Å². The van der Waals surface area contributed by atoms with Crippen LogP contribution in [-0.4, -0.2) is 36.6 Å². The predicted molar refractivity (Wildman–Crippen MR) is 138 cm³/mol. The molecule has 0 aliphatic rings. The molecule has 0 saturated heterocycles. The molecule has 3 aromatic carbocycles. The van der Waals surface area contributed by atoms with E-state index < -0.39 is 0 Å². The lowest BCUT2D eigenvalue weighted by atomic mass is 9.89. The van der Waals surface area contributed by atoms with Gasteiger partial charge in [0.05, 0.1) is 7.11 Å². The molecular formula is C30H37NO3. The molecule has 34 heavy (non-hydrogen) atoms. The number of benzene rings is 3. The van der Waals surface area contributed by atoms with E-state index in [4.69, 9.17) is 9.47 Å². The van der Waals surface area contributed by atoms with Gasteiger partial charge in [0.25, 0.3) is 0 Å². The van der Waals surface area contributed by atoms with Crippen molar-refractivity contribution < 1.29 is 14.3 Å². The van der Waals surface area contributed by atoms with Crippen molar-refractivity contribution in [3.8, 4) is 5.75 Å². The second-order valence-corrected chi connectivity index (χ2v) is 9.29. The van der Waals surface area contributed by atoms with Crippen molar-refractivity contribution in [1.82, 2.24) is 4.90 Å². The van der Waals surface area contributed by atoms with Crippen LogP contribution in [0.2, 0.25) is 0 Å². The van der Waals surface area contributed by atoms with E-state index in [0.717, 1.165) is 24.1 Å². The van der Waals surface area contributed by atoms with Crippen molar-refractivity contribution >= 4 is 5.97 Å². The zero-order chi connectivity index (χ0) is 24.5. The molecule has 0 N–H and O–H groups in total. The third-order valence-electron chi connectivity index (χ3n) is 6.20. The SMILES string of the molecule is COC(=O)c1cc(C(Cc2ccccc2)CN(C(C)C)C(C)C)ccc1OCc1ccccc1. The highest BCUT2D eigenvalue weighted by molar-refractivity contribution is 5.92. The Morgan fingerprint density at radius 2 is 1.41 bits per heavy atom. The number of hydrogen-bond donors (Lipinski definition) is 0. The summed E-state index contributed by atoms with van der Waals surface area (Å²) in [5, 5.41) is 0. The van der Waals surface area contributed by atoms with Gasteiger partial charge in [-0.1, -0.05) is 66.7 Å². The Labute approximate surface area is 204 Å². The Morgan fingerprint density at radius 1 is 0.824 bits per heavy atom. The summed E-state index contributed by atoms with van der Waals surface area (Å²) in [6.07, 6.45) is 0.890. The van der Waals surface area contributed by atoms with Gasteiger partial charge in [-0.25, -0.2) is 4.79 Å². The van der Waals surface area contributed by atoms with Crippen molar-refractivity contribution in [1.29, 1.82) is 0 Å². The first-order valence-corrected chi connectivity index (χ1v) is 12.1. The van der Waals surface area contributed by atoms with Crippen LogP contribution in [0, 0.1) is 0 Å². The standard InChI is InChI=1S/C30H37NO3/c1-22(2)31(23(3)4)20-27(18-24-12-8-6-9-13-24)26-16-17-29(28(19-26)30(32)33-5)34-21-25-14-10-7-11-15-25/h6-17,19,22-23,27H,18,20-21H2,1-5H3. The molecule has 0 aliphatic heterocycles. The fraction of sp³-hybridized carbons (Fsp3) is 0.367. The number of rotatable bonds is 11. The Morgan fingerprint density at radius 3 is 1.97 bits per heavy atom. The van der Waals surface area contributed by atoms with E-state index in [1.807, 2.05) is 48.5 Å². The summed E-state index contributed by atoms with van der Waals surface area (Å²) < 4.78 is 11.2. The zero-order valence-electron chi connectivity index (χ0n) is 21.0. The number of carbonyl (C=O) groups is 1. The average molecular weight is 460 g/mol. The Hall–Kier alpha value is -3.11. The highest BCUT2D eigenvalue weighted by Crippen LogP contribution is 2.30. The average Bonchev–Trinajstić information content (AvgIpc) is 2.85. The van der Waals surface area contributed by atoms with E-state index in [-0.39, 0.29) is 11.9 Å². The normalized spacial score (nSPS) is 12.2.